The van der Waals surface area contributed by atoms with Gasteiger partial charge in [-0.25, -0.2) is 19.2 Å². The number of anilines is 1. The molecule has 0 spiro atoms. The van der Waals surface area contributed by atoms with E-state index in [-0.39, 0.29) is 23.4 Å². The molecule has 0 amide bonds. The molecule has 5 nitrogen and oxygen atoms in total. The van der Waals surface area contributed by atoms with E-state index in [0.717, 1.165) is 6.42 Å². The molecule has 1 aromatic carbocycles. The van der Waals surface area contributed by atoms with Crippen LogP contribution in [0.3, 0.4) is 0 Å². The first-order valence-electron chi connectivity index (χ1n) is 6.64. The minimum atomic E-state index is -1.13. The van der Waals surface area contributed by atoms with Gasteiger partial charge in [0.2, 0.25) is 0 Å². The van der Waals surface area contributed by atoms with Gasteiger partial charge in [0.1, 0.15) is 11.6 Å². The number of halogens is 1. The van der Waals surface area contributed by atoms with Gasteiger partial charge in [0, 0.05) is 17.7 Å². The lowest BCUT2D eigenvalue weighted by Crippen LogP contribution is -2.16. The smallest absolute Gasteiger partial charge is 0.354 e. The molecule has 0 aliphatic carbocycles. The minimum absolute atomic E-state index is 0.102. The van der Waals surface area contributed by atoms with Crippen LogP contribution in [0.5, 0.6) is 0 Å². The average Bonchev–Trinajstić information content (AvgIpc) is 2.47. The van der Waals surface area contributed by atoms with Crippen molar-refractivity contribution in [3.8, 4) is 11.4 Å². The molecule has 0 saturated carbocycles. The largest absolute Gasteiger partial charge is 0.477 e. The Kier molecular flexibility index (Phi) is 4.47. The van der Waals surface area contributed by atoms with E-state index in [0.29, 0.717) is 11.4 Å². The zero-order chi connectivity index (χ0) is 15.4. The summed E-state index contributed by atoms with van der Waals surface area (Å²) in [5.41, 5.74) is 0.460. The molecule has 2 rings (SSSR count). The van der Waals surface area contributed by atoms with Gasteiger partial charge < -0.3 is 10.4 Å². The second-order valence-electron chi connectivity index (χ2n) is 4.73. The third-order valence-corrected chi connectivity index (χ3v) is 3.05. The molecule has 1 heterocycles. The highest BCUT2D eigenvalue weighted by Crippen LogP contribution is 2.19. The summed E-state index contributed by atoms with van der Waals surface area (Å²) >= 11 is 0. The highest BCUT2D eigenvalue weighted by Gasteiger charge is 2.13. The van der Waals surface area contributed by atoms with E-state index in [2.05, 4.69) is 15.3 Å². The van der Waals surface area contributed by atoms with E-state index in [1.54, 1.807) is 0 Å². The zero-order valence-electron chi connectivity index (χ0n) is 11.8. The number of benzene rings is 1. The fourth-order valence-electron chi connectivity index (χ4n) is 1.71. The lowest BCUT2D eigenvalue weighted by atomic mass is 10.2. The standard InChI is InChI=1S/C15H16FN3O2/c1-3-9(2)17-13-8-12(15(20)21)18-14(19-13)10-4-6-11(16)7-5-10/h4-9H,3H2,1-2H3,(H,20,21)(H,17,18,19). The van der Waals surface area contributed by atoms with Crippen molar-refractivity contribution in [2.24, 2.45) is 0 Å². The summed E-state index contributed by atoms with van der Waals surface area (Å²) in [4.78, 5) is 19.5. The second-order valence-corrected chi connectivity index (χ2v) is 4.73. The van der Waals surface area contributed by atoms with Crippen LogP contribution >= 0.6 is 0 Å². The molecule has 1 aromatic heterocycles. The predicted molar refractivity (Wildman–Crippen MR) is 77.8 cm³/mol. The Bertz CT molecular complexity index is 644. The topological polar surface area (TPSA) is 75.1 Å². The van der Waals surface area contributed by atoms with Gasteiger partial charge in [0.05, 0.1) is 0 Å². The van der Waals surface area contributed by atoms with Gasteiger partial charge in [-0.1, -0.05) is 6.92 Å². The third-order valence-electron chi connectivity index (χ3n) is 3.05. The Morgan fingerprint density at radius 1 is 1.33 bits per heavy atom. The normalized spacial score (nSPS) is 12.0. The molecule has 1 unspecified atom stereocenters. The van der Waals surface area contributed by atoms with Gasteiger partial charge in [-0.05, 0) is 37.6 Å². The van der Waals surface area contributed by atoms with Gasteiger partial charge in [0.25, 0.3) is 0 Å². The molecule has 0 bridgehead atoms. The van der Waals surface area contributed by atoms with Crippen LogP contribution in [-0.2, 0) is 0 Å². The number of aromatic nitrogens is 2. The van der Waals surface area contributed by atoms with Crippen molar-refractivity contribution in [3.05, 3.63) is 41.8 Å². The summed E-state index contributed by atoms with van der Waals surface area (Å²) in [5.74, 6) is -0.809. The number of hydrogen-bond donors (Lipinski definition) is 2. The van der Waals surface area contributed by atoms with Crippen molar-refractivity contribution in [2.45, 2.75) is 26.3 Å². The van der Waals surface area contributed by atoms with Crippen LogP contribution in [0.25, 0.3) is 11.4 Å². The first-order valence-corrected chi connectivity index (χ1v) is 6.64. The van der Waals surface area contributed by atoms with E-state index < -0.39 is 5.97 Å². The molecule has 21 heavy (non-hydrogen) atoms. The Hall–Kier alpha value is -2.50. The average molecular weight is 289 g/mol. The summed E-state index contributed by atoms with van der Waals surface area (Å²) in [6.07, 6.45) is 0.873. The van der Waals surface area contributed by atoms with Crippen molar-refractivity contribution < 1.29 is 14.3 Å². The maximum atomic E-state index is 13.0. The van der Waals surface area contributed by atoms with Crippen molar-refractivity contribution in [1.29, 1.82) is 0 Å². The predicted octanol–water partition coefficient (Wildman–Crippen LogP) is 3.19. The van der Waals surface area contributed by atoms with Crippen LogP contribution in [-0.4, -0.2) is 27.1 Å². The molecule has 2 N–H and O–H groups in total. The van der Waals surface area contributed by atoms with Crippen molar-refractivity contribution in [3.63, 3.8) is 0 Å². The van der Waals surface area contributed by atoms with Crippen LogP contribution in [0.2, 0.25) is 0 Å². The molecule has 0 radical (unpaired) electrons. The van der Waals surface area contributed by atoms with E-state index in [1.807, 2.05) is 13.8 Å². The Morgan fingerprint density at radius 3 is 2.57 bits per heavy atom. The minimum Gasteiger partial charge on any atom is -0.477 e. The number of carboxylic acid groups (broad SMARTS) is 1. The van der Waals surface area contributed by atoms with Crippen molar-refractivity contribution in [2.75, 3.05) is 5.32 Å². The van der Waals surface area contributed by atoms with Crippen LogP contribution in [0.4, 0.5) is 10.2 Å². The second kappa shape index (κ2) is 6.30. The first-order chi connectivity index (χ1) is 9.99. The maximum absolute atomic E-state index is 13.0. The van der Waals surface area contributed by atoms with E-state index in [4.69, 9.17) is 5.11 Å². The molecule has 0 aliphatic heterocycles. The molecular formula is C15H16FN3O2. The van der Waals surface area contributed by atoms with Crippen molar-refractivity contribution >= 4 is 11.8 Å². The number of nitrogens with zero attached hydrogens (tertiary/aromatic N) is 2. The summed E-state index contributed by atoms with van der Waals surface area (Å²) in [6.45, 7) is 3.98. The third kappa shape index (κ3) is 3.75. The SMILES string of the molecule is CCC(C)Nc1cc(C(=O)O)nc(-c2ccc(F)cc2)n1. The molecule has 1 atom stereocenters. The first kappa shape index (κ1) is 14.9. The van der Waals surface area contributed by atoms with Crippen LogP contribution < -0.4 is 5.32 Å². The maximum Gasteiger partial charge on any atom is 0.354 e. The Balaban J connectivity index is 2.44. The van der Waals surface area contributed by atoms with E-state index in [1.165, 1.54) is 30.3 Å². The van der Waals surface area contributed by atoms with Gasteiger partial charge >= 0.3 is 5.97 Å². The summed E-state index contributed by atoms with van der Waals surface area (Å²) in [5, 5.41) is 12.3. The number of hydrogen-bond acceptors (Lipinski definition) is 4. The monoisotopic (exact) mass is 289 g/mol. The number of rotatable bonds is 5. The molecule has 0 saturated heterocycles. The number of carbonyl (C=O) groups is 1. The number of carboxylic acids is 1. The van der Waals surface area contributed by atoms with E-state index in [9.17, 15) is 9.18 Å². The summed E-state index contributed by atoms with van der Waals surface area (Å²) in [6, 6.07) is 7.15. The lowest BCUT2D eigenvalue weighted by Gasteiger charge is -2.13. The van der Waals surface area contributed by atoms with Gasteiger partial charge in [-0.3, -0.25) is 0 Å². The molecule has 0 aliphatic rings. The number of nitrogens with one attached hydrogen (secondary N) is 1. The summed E-state index contributed by atoms with van der Waals surface area (Å²) in [7, 11) is 0. The van der Waals surface area contributed by atoms with Crippen molar-refractivity contribution in [1.82, 2.24) is 9.97 Å². The molecule has 110 valence electrons. The molecule has 2 aromatic rings. The highest BCUT2D eigenvalue weighted by atomic mass is 19.1. The quantitative estimate of drug-likeness (QED) is 0.884. The van der Waals surface area contributed by atoms with E-state index >= 15 is 0 Å². The highest BCUT2D eigenvalue weighted by molar-refractivity contribution is 5.87. The van der Waals surface area contributed by atoms with Crippen LogP contribution in [0.1, 0.15) is 30.8 Å². The summed E-state index contributed by atoms with van der Waals surface area (Å²) < 4.78 is 13.0. The van der Waals surface area contributed by atoms with Gasteiger partial charge in [0.15, 0.2) is 11.5 Å². The Labute approximate surface area is 121 Å². The fourth-order valence-corrected chi connectivity index (χ4v) is 1.71. The molecular weight excluding hydrogens is 273 g/mol. The zero-order valence-corrected chi connectivity index (χ0v) is 11.8. The fraction of sp³-hybridized carbons (Fsp3) is 0.267. The van der Waals surface area contributed by atoms with Gasteiger partial charge in [-0.2, -0.15) is 0 Å². The molecule has 0 fully saturated rings. The van der Waals surface area contributed by atoms with Crippen LogP contribution in [0.15, 0.2) is 30.3 Å². The number of aromatic carboxylic acids is 1. The van der Waals surface area contributed by atoms with Gasteiger partial charge in [-0.15, -0.1) is 0 Å². The Morgan fingerprint density at radius 2 is 2.00 bits per heavy atom. The van der Waals surface area contributed by atoms with Crippen LogP contribution in [0, 0.1) is 5.82 Å². The lowest BCUT2D eigenvalue weighted by molar-refractivity contribution is 0.0690. The molecule has 6 heteroatoms.